The van der Waals surface area contributed by atoms with Crippen molar-refractivity contribution in [2.75, 3.05) is 12.3 Å². The number of nitrogen functional groups attached to an aromatic ring is 1. The maximum atomic E-state index is 5.95. The first-order chi connectivity index (χ1) is 8.84. The summed E-state index contributed by atoms with van der Waals surface area (Å²) in [6.07, 6.45) is 2.37. The van der Waals surface area contributed by atoms with E-state index in [9.17, 15) is 0 Å². The van der Waals surface area contributed by atoms with Gasteiger partial charge < -0.3 is 10.5 Å². The molecule has 0 bridgehead atoms. The Bertz CT molecular complexity index is 533. The van der Waals surface area contributed by atoms with Crippen LogP contribution in [0.5, 0.6) is 0 Å². The average Bonchev–Trinajstić information content (AvgIpc) is 3.02. The van der Waals surface area contributed by atoms with E-state index in [0.29, 0.717) is 18.1 Å². The molecule has 2 heterocycles. The van der Waals surface area contributed by atoms with E-state index in [1.165, 1.54) is 0 Å². The lowest BCUT2D eigenvalue weighted by molar-refractivity contribution is 0.0939. The van der Waals surface area contributed by atoms with Crippen molar-refractivity contribution in [3.63, 3.8) is 0 Å². The normalized spacial score (nSPS) is 19.2. The smallest absolute Gasteiger partial charge is 0.184 e. The van der Waals surface area contributed by atoms with Crippen LogP contribution in [0.1, 0.15) is 12.8 Å². The van der Waals surface area contributed by atoms with Crippen LogP contribution in [0.2, 0.25) is 0 Å². The molecule has 1 aliphatic rings. The number of anilines is 1. The van der Waals surface area contributed by atoms with E-state index in [2.05, 4.69) is 15.5 Å². The molecule has 2 N–H and O–H groups in total. The number of ether oxygens (including phenoxy) is 1. The lowest BCUT2D eigenvalue weighted by atomic mass is 10.1. The van der Waals surface area contributed by atoms with Crippen LogP contribution >= 0.6 is 0 Å². The van der Waals surface area contributed by atoms with Crippen LogP contribution in [0.4, 0.5) is 5.69 Å². The summed E-state index contributed by atoms with van der Waals surface area (Å²) in [5.74, 6) is 0.698. The molecule has 0 spiro atoms. The van der Waals surface area contributed by atoms with Gasteiger partial charge in [0.2, 0.25) is 0 Å². The van der Waals surface area contributed by atoms with E-state index in [-0.39, 0.29) is 6.10 Å². The summed E-state index contributed by atoms with van der Waals surface area (Å²) in [6.45, 7) is 1.51. The molecular formula is C12H15N5O. The van der Waals surface area contributed by atoms with E-state index < -0.39 is 0 Å². The van der Waals surface area contributed by atoms with Gasteiger partial charge in [-0.1, -0.05) is 12.1 Å². The fourth-order valence-electron chi connectivity index (χ4n) is 2.20. The van der Waals surface area contributed by atoms with Crippen molar-refractivity contribution in [1.29, 1.82) is 0 Å². The first-order valence-electron chi connectivity index (χ1n) is 6.07. The molecule has 0 saturated carbocycles. The van der Waals surface area contributed by atoms with Crippen molar-refractivity contribution < 1.29 is 4.74 Å². The summed E-state index contributed by atoms with van der Waals surface area (Å²) in [4.78, 5) is 0. The van der Waals surface area contributed by atoms with Crippen LogP contribution in [-0.4, -0.2) is 32.9 Å². The molecule has 94 valence electrons. The van der Waals surface area contributed by atoms with Gasteiger partial charge in [-0.05, 0) is 35.4 Å². The minimum absolute atomic E-state index is 0.206. The number of tetrazole rings is 1. The standard InChI is InChI=1S/C12H15N5O/c13-11-6-2-1-5-10(11)12-14-15-16-17(12)8-9-4-3-7-18-9/h1-2,5-6,9H,3-4,7-8,13H2. The Morgan fingerprint density at radius 2 is 2.28 bits per heavy atom. The van der Waals surface area contributed by atoms with Crippen LogP contribution in [0, 0.1) is 0 Å². The molecule has 1 saturated heterocycles. The first-order valence-corrected chi connectivity index (χ1v) is 6.07. The predicted molar refractivity (Wildman–Crippen MR) is 66.6 cm³/mol. The summed E-state index contributed by atoms with van der Waals surface area (Å²) < 4.78 is 7.37. The van der Waals surface area contributed by atoms with E-state index in [0.717, 1.165) is 25.0 Å². The highest BCUT2D eigenvalue weighted by molar-refractivity contribution is 5.70. The van der Waals surface area contributed by atoms with Crippen molar-refractivity contribution >= 4 is 5.69 Å². The topological polar surface area (TPSA) is 78.9 Å². The fraction of sp³-hybridized carbons (Fsp3) is 0.417. The highest BCUT2D eigenvalue weighted by Gasteiger charge is 2.19. The van der Waals surface area contributed by atoms with Gasteiger partial charge in [-0.25, -0.2) is 4.68 Å². The molecule has 2 aromatic rings. The zero-order valence-corrected chi connectivity index (χ0v) is 9.99. The van der Waals surface area contributed by atoms with Gasteiger partial charge >= 0.3 is 0 Å². The second-order valence-corrected chi connectivity index (χ2v) is 4.41. The number of nitrogens with zero attached hydrogens (tertiary/aromatic N) is 4. The summed E-state index contributed by atoms with van der Waals surface area (Å²) in [7, 11) is 0. The number of hydrogen-bond acceptors (Lipinski definition) is 5. The minimum Gasteiger partial charge on any atom is -0.398 e. The number of rotatable bonds is 3. The quantitative estimate of drug-likeness (QED) is 0.819. The predicted octanol–water partition coefficient (Wildman–Crippen LogP) is 1.10. The van der Waals surface area contributed by atoms with Crippen LogP contribution in [0.25, 0.3) is 11.4 Å². The van der Waals surface area contributed by atoms with E-state index in [1.807, 2.05) is 24.3 Å². The van der Waals surface area contributed by atoms with Crippen molar-refractivity contribution in [2.24, 2.45) is 0 Å². The summed E-state index contributed by atoms with van der Waals surface area (Å²) >= 11 is 0. The number of hydrogen-bond donors (Lipinski definition) is 1. The second-order valence-electron chi connectivity index (χ2n) is 4.41. The molecule has 1 aromatic heterocycles. The first kappa shape index (κ1) is 11.2. The average molecular weight is 245 g/mol. The Labute approximate surface area is 105 Å². The molecule has 1 aliphatic heterocycles. The molecule has 1 atom stereocenters. The molecule has 1 unspecified atom stereocenters. The largest absolute Gasteiger partial charge is 0.398 e. The SMILES string of the molecule is Nc1ccccc1-c1nnnn1CC1CCCO1. The number of para-hydroxylation sites is 1. The van der Waals surface area contributed by atoms with Gasteiger partial charge in [0.15, 0.2) is 5.82 Å². The van der Waals surface area contributed by atoms with Crippen LogP contribution in [-0.2, 0) is 11.3 Å². The summed E-state index contributed by atoms with van der Waals surface area (Å²) in [6, 6.07) is 7.59. The van der Waals surface area contributed by atoms with Gasteiger partial charge in [0, 0.05) is 17.9 Å². The third-order valence-electron chi connectivity index (χ3n) is 3.13. The Morgan fingerprint density at radius 3 is 3.06 bits per heavy atom. The van der Waals surface area contributed by atoms with Crippen molar-refractivity contribution in [3.8, 4) is 11.4 Å². The third-order valence-corrected chi connectivity index (χ3v) is 3.13. The molecule has 6 heteroatoms. The molecular weight excluding hydrogens is 230 g/mol. The number of nitrogens with two attached hydrogens (primary N) is 1. The van der Waals surface area contributed by atoms with Gasteiger partial charge in [0.25, 0.3) is 0 Å². The Hall–Kier alpha value is -1.95. The lowest BCUT2D eigenvalue weighted by Gasteiger charge is -2.11. The Morgan fingerprint density at radius 1 is 1.39 bits per heavy atom. The van der Waals surface area contributed by atoms with Crippen molar-refractivity contribution in [1.82, 2.24) is 20.2 Å². The van der Waals surface area contributed by atoms with Crippen LogP contribution < -0.4 is 5.73 Å². The van der Waals surface area contributed by atoms with E-state index >= 15 is 0 Å². The number of aromatic nitrogens is 4. The molecule has 6 nitrogen and oxygen atoms in total. The maximum Gasteiger partial charge on any atom is 0.184 e. The Balaban J connectivity index is 1.89. The van der Waals surface area contributed by atoms with Crippen molar-refractivity contribution in [2.45, 2.75) is 25.5 Å². The highest BCUT2D eigenvalue weighted by Crippen LogP contribution is 2.23. The minimum atomic E-state index is 0.206. The van der Waals surface area contributed by atoms with Crippen LogP contribution in [0.3, 0.4) is 0 Å². The van der Waals surface area contributed by atoms with Crippen LogP contribution in [0.15, 0.2) is 24.3 Å². The third kappa shape index (κ3) is 2.06. The van der Waals surface area contributed by atoms with E-state index in [4.69, 9.17) is 10.5 Å². The highest BCUT2D eigenvalue weighted by atomic mass is 16.5. The number of benzene rings is 1. The van der Waals surface area contributed by atoms with Gasteiger partial charge in [0.05, 0.1) is 12.6 Å². The zero-order valence-electron chi connectivity index (χ0n) is 9.99. The van der Waals surface area contributed by atoms with Gasteiger partial charge in [-0.3, -0.25) is 0 Å². The molecule has 0 aliphatic carbocycles. The maximum absolute atomic E-state index is 5.95. The fourth-order valence-corrected chi connectivity index (χ4v) is 2.20. The zero-order chi connectivity index (χ0) is 12.4. The Kier molecular flexibility index (Phi) is 2.93. The monoisotopic (exact) mass is 245 g/mol. The molecule has 3 rings (SSSR count). The van der Waals surface area contributed by atoms with Crippen molar-refractivity contribution in [3.05, 3.63) is 24.3 Å². The van der Waals surface area contributed by atoms with E-state index in [1.54, 1.807) is 4.68 Å². The van der Waals surface area contributed by atoms with Gasteiger partial charge in [-0.15, -0.1) is 5.10 Å². The summed E-state index contributed by atoms with van der Waals surface area (Å²) in [5, 5.41) is 11.8. The second kappa shape index (κ2) is 4.73. The molecule has 18 heavy (non-hydrogen) atoms. The summed E-state index contributed by atoms with van der Waals surface area (Å²) in [5.41, 5.74) is 7.49. The van der Waals surface area contributed by atoms with Gasteiger partial charge in [0.1, 0.15) is 0 Å². The molecule has 0 radical (unpaired) electrons. The molecule has 1 aromatic carbocycles. The molecule has 1 fully saturated rings. The lowest BCUT2D eigenvalue weighted by Crippen LogP contribution is -2.17. The molecule has 0 amide bonds. The van der Waals surface area contributed by atoms with Gasteiger partial charge in [-0.2, -0.15) is 0 Å².